The molecule has 28 heavy (non-hydrogen) atoms. The van der Waals surface area contributed by atoms with Crippen LogP contribution in [0.2, 0.25) is 0 Å². The number of ether oxygens (including phenoxy) is 2. The lowest BCUT2D eigenvalue weighted by Gasteiger charge is -2.10. The van der Waals surface area contributed by atoms with Crippen LogP contribution in [0, 0.1) is 6.92 Å². The minimum atomic E-state index is -3.35. The Kier molecular flexibility index (Phi) is 7.00. The van der Waals surface area contributed by atoms with Crippen molar-refractivity contribution in [3.8, 4) is 11.5 Å². The molecular weight excluding hydrogens is 378 g/mol. The van der Waals surface area contributed by atoms with Crippen LogP contribution in [0.5, 0.6) is 11.5 Å². The second kappa shape index (κ2) is 9.23. The van der Waals surface area contributed by atoms with Gasteiger partial charge in [0.05, 0.1) is 12.0 Å². The fourth-order valence-corrected chi connectivity index (χ4v) is 3.02. The first kappa shape index (κ1) is 21.2. The van der Waals surface area contributed by atoms with Crippen molar-refractivity contribution in [1.29, 1.82) is 0 Å². The van der Waals surface area contributed by atoms with E-state index in [-0.39, 0.29) is 10.8 Å². The summed E-state index contributed by atoms with van der Waals surface area (Å²) >= 11 is 0. The van der Waals surface area contributed by atoms with Gasteiger partial charge in [-0.15, -0.1) is 0 Å². The number of amides is 1. The third-order valence-corrected chi connectivity index (χ3v) is 4.98. The number of carbonyl (C=O) groups is 1. The summed E-state index contributed by atoms with van der Waals surface area (Å²) in [6, 6.07) is 9.91. The highest BCUT2D eigenvalue weighted by Crippen LogP contribution is 2.28. The average molecular weight is 401 g/mol. The quantitative estimate of drug-likeness (QED) is 0.540. The average Bonchev–Trinajstić information content (AvgIpc) is 2.65. The predicted molar refractivity (Wildman–Crippen MR) is 111 cm³/mol. The molecule has 0 aromatic heterocycles. The number of hydrogen-bond donors (Lipinski definition) is 1. The molecule has 2 aromatic rings. The summed E-state index contributed by atoms with van der Waals surface area (Å²) in [4.78, 5) is 12.4. The monoisotopic (exact) mass is 401 g/mol. The lowest BCUT2D eigenvalue weighted by atomic mass is 10.1. The fourth-order valence-electron chi connectivity index (χ4n) is 2.37. The van der Waals surface area contributed by atoms with E-state index >= 15 is 0 Å². The van der Waals surface area contributed by atoms with Gasteiger partial charge in [0, 0.05) is 18.0 Å². The Morgan fingerprint density at radius 3 is 2.57 bits per heavy atom. The Labute approximate surface area is 165 Å². The van der Waals surface area contributed by atoms with Crippen molar-refractivity contribution < 1.29 is 22.7 Å². The number of methoxy groups -OCH3 is 1. The summed E-state index contributed by atoms with van der Waals surface area (Å²) in [5.74, 6) is 0.748. The van der Waals surface area contributed by atoms with Gasteiger partial charge in [-0.2, -0.15) is 0 Å². The molecule has 0 heterocycles. The Morgan fingerprint density at radius 2 is 1.93 bits per heavy atom. The zero-order valence-corrected chi connectivity index (χ0v) is 16.9. The molecule has 6 nitrogen and oxygen atoms in total. The van der Waals surface area contributed by atoms with Crippen molar-refractivity contribution in [3.63, 3.8) is 0 Å². The molecule has 0 aliphatic carbocycles. The van der Waals surface area contributed by atoms with E-state index in [1.165, 1.54) is 25.3 Å². The van der Waals surface area contributed by atoms with Gasteiger partial charge in [-0.05, 0) is 48.4 Å². The minimum absolute atomic E-state index is 0.150. The van der Waals surface area contributed by atoms with E-state index in [0.717, 1.165) is 17.4 Å². The standard InChI is InChI=1S/C21H23NO5S/c1-5-12-27-19-10-7-16(13-20(19)26-3)8-11-21(23)22-18-14-17(28(4,24)25)9-6-15(18)2/h5-11,13-14H,1,12H2,2-4H3,(H,22,23)/b11-8+. The summed E-state index contributed by atoms with van der Waals surface area (Å²) in [5.41, 5.74) is 1.96. The molecule has 1 N–H and O–H groups in total. The van der Waals surface area contributed by atoms with E-state index in [1.54, 1.807) is 43.3 Å². The molecule has 0 saturated carbocycles. The van der Waals surface area contributed by atoms with Crippen molar-refractivity contribution in [3.05, 3.63) is 66.3 Å². The highest BCUT2D eigenvalue weighted by Gasteiger charge is 2.10. The van der Waals surface area contributed by atoms with Crippen molar-refractivity contribution in [2.75, 3.05) is 25.3 Å². The summed E-state index contributed by atoms with van der Waals surface area (Å²) < 4.78 is 34.2. The molecule has 148 valence electrons. The Bertz CT molecular complexity index is 1010. The molecule has 0 radical (unpaired) electrons. The molecule has 2 rings (SSSR count). The molecule has 1 amide bonds. The Hall–Kier alpha value is -3.06. The zero-order chi connectivity index (χ0) is 20.7. The van der Waals surface area contributed by atoms with Crippen LogP contribution >= 0.6 is 0 Å². The number of nitrogens with one attached hydrogen (secondary N) is 1. The molecule has 0 fully saturated rings. The van der Waals surface area contributed by atoms with Crippen molar-refractivity contribution in [1.82, 2.24) is 0 Å². The van der Waals surface area contributed by atoms with Crippen LogP contribution in [-0.2, 0) is 14.6 Å². The highest BCUT2D eigenvalue weighted by molar-refractivity contribution is 7.90. The van der Waals surface area contributed by atoms with Crippen LogP contribution in [0.4, 0.5) is 5.69 Å². The molecule has 0 bridgehead atoms. The first-order valence-corrected chi connectivity index (χ1v) is 10.3. The predicted octanol–water partition coefficient (Wildman–Crippen LogP) is 3.62. The van der Waals surface area contributed by atoms with Crippen LogP contribution in [0.3, 0.4) is 0 Å². The second-order valence-electron chi connectivity index (χ2n) is 6.08. The number of sulfone groups is 1. The van der Waals surface area contributed by atoms with E-state index in [0.29, 0.717) is 23.8 Å². The van der Waals surface area contributed by atoms with Gasteiger partial charge in [0.1, 0.15) is 6.61 Å². The van der Waals surface area contributed by atoms with Gasteiger partial charge >= 0.3 is 0 Å². The number of benzene rings is 2. The van der Waals surface area contributed by atoms with Crippen molar-refractivity contribution in [2.45, 2.75) is 11.8 Å². The third-order valence-electron chi connectivity index (χ3n) is 3.87. The highest BCUT2D eigenvalue weighted by atomic mass is 32.2. The number of aryl methyl sites for hydroxylation is 1. The number of anilines is 1. The van der Waals surface area contributed by atoms with Crippen LogP contribution < -0.4 is 14.8 Å². The summed E-state index contributed by atoms with van der Waals surface area (Å²) in [5, 5.41) is 2.70. The van der Waals surface area contributed by atoms with Gasteiger partial charge in [0.15, 0.2) is 21.3 Å². The molecule has 0 aliphatic heterocycles. The topological polar surface area (TPSA) is 81.7 Å². The fraction of sp³-hybridized carbons (Fsp3) is 0.190. The van der Waals surface area contributed by atoms with Gasteiger partial charge in [-0.25, -0.2) is 8.42 Å². The Balaban J connectivity index is 2.15. The van der Waals surface area contributed by atoms with Gasteiger partial charge in [-0.3, -0.25) is 4.79 Å². The van der Waals surface area contributed by atoms with Gasteiger partial charge in [0.2, 0.25) is 5.91 Å². The number of rotatable bonds is 8. The molecular formula is C21H23NO5S. The lowest BCUT2D eigenvalue weighted by Crippen LogP contribution is -2.10. The third kappa shape index (κ3) is 5.72. The molecule has 0 atom stereocenters. The molecule has 0 aliphatic rings. The summed E-state index contributed by atoms with van der Waals surface area (Å²) in [6.07, 6.45) is 5.76. The summed E-state index contributed by atoms with van der Waals surface area (Å²) in [7, 11) is -1.82. The molecule has 0 unspecified atom stereocenters. The smallest absolute Gasteiger partial charge is 0.248 e. The number of carbonyl (C=O) groups excluding carboxylic acids is 1. The first-order chi connectivity index (χ1) is 13.2. The normalized spacial score (nSPS) is 11.2. The van der Waals surface area contributed by atoms with Crippen LogP contribution in [0.25, 0.3) is 6.08 Å². The van der Waals surface area contributed by atoms with E-state index in [4.69, 9.17) is 9.47 Å². The van der Waals surface area contributed by atoms with Gasteiger partial charge in [-0.1, -0.05) is 24.8 Å². The molecule has 0 spiro atoms. The molecule has 2 aromatic carbocycles. The number of hydrogen-bond acceptors (Lipinski definition) is 5. The van der Waals surface area contributed by atoms with Crippen LogP contribution in [-0.4, -0.2) is 34.3 Å². The van der Waals surface area contributed by atoms with Gasteiger partial charge < -0.3 is 14.8 Å². The van der Waals surface area contributed by atoms with Crippen molar-refractivity contribution in [2.24, 2.45) is 0 Å². The van der Waals surface area contributed by atoms with E-state index in [2.05, 4.69) is 11.9 Å². The first-order valence-electron chi connectivity index (χ1n) is 8.46. The lowest BCUT2D eigenvalue weighted by molar-refractivity contribution is -0.111. The van der Waals surface area contributed by atoms with Crippen LogP contribution in [0.1, 0.15) is 11.1 Å². The van der Waals surface area contributed by atoms with Crippen molar-refractivity contribution >= 4 is 27.5 Å². The summed E-state index contributed by atoms with van der Waals surface area (Å²) in [6.45, 7) is 5.75. The second-order valence-corrected chi connectivity index (χ2v) is 8.10. The largest absolute Gasteiger partial charge is 0.493 e. The van der Waals surface area contributed by atoms with E-state index < -0.39 is 9.84 Å². The maximum absolute atomic E-state index is 12.2. The molecule has 0 saturated heterocycles. The van der Waals surface area contributed by atoms with E-state index in [1.807, 2.05) is 0 Å². The van der Waals surface area contributed by atoms with E-state index in [9.17, 15) is 13.2 Å². The zero-order valence-electron chi connectivity index (χ0n) is 16.1. The van der Waals surface area contributed by atoms with Crippen LogP contribution in [0.15, 0.2) is 60.0 Å². The molecule has 7 heteroatoms. The Morgan fingerprint density at radius 1 is 1.18 bits per heavy atom. The SMILES string of the molecule is C=CCOc1ccc(/C=C/C(=O)Nc2cc(S(C)(=O)=O)ccc2C)cc1OC. The minimum Gasteiger partial charge on any atom is -0.493 e. The maximum atomic E-state index is 12.2. The maximum Gasteiger partial charge on any atom is 0.248 e. The van der Waals surface area contributed by atoms with Gasteiger partial charge in [0.25, 0.3) is 0 Å².